The van der Waals surface area contributed by atoms with Gasteiger partial charge in [0, 0.05) is 32.4 Å². The number of ether oxygens (including phenoxy) is 2. The van der Waals surface area contributed by atoms with E-state index in [1.54, 1.807) is 7.05 Å². The summed E-state index contributed by atoms with van der Waals surface area (Å²) in [6.45, 7) is -0.146. The van der Waals surface area contributed by atoms with Gasteiger partial charge in [0.05, 0.1) is 18.4 Å². The summed E-state index contributed by atoms with van der Waals surface area (Å²) >= 11 is 0. The Labute approximate surface area is 249 Å². The molecule has 0 amide bonds. The number of hydrogen-bond donors (Lipinski definition) is 1. The molecule has 1 aliphatic carbocycles. The normalized spacial score (nSPS) is 13.3. The van der Waals surface area contributed by atoms with Crippen LogP contribution in [0.4, 0.5) is 23.2 Å². The Kier molecular flexibility index (Phi) is 8.74. The lowest BCUT2D eigenvalue weighted by molar-refractivity contribution is -0.140. The van der Waals surface area contributed by atoms with Crippen LogP contribution in [0.15, 0.2) is 35.7 Å². The number of nitrogens with zero attached hydrogens (tertiary/aromatic N) is 7. The predicted octanol–water partition coefficient (Wildman–Crippen LogP) is 5.21. The number of nitrogen functional groups attached to an aromatic ring is 1. The van der Waals surface area contributed by atoms with Crippen LogP contribution < -0.4 is 15.2 Å². The number of rotatable bonds is 8. The number of aryl methyl sites for hydroxylation is 1. The molecular formula is C26H25F4IN8O2. The standard InChI is InChI=1S/C26H24F4N8O2.HI/c1-32-9-17-20(31)25(37-22(35-17)19-21(14-5-6-14)33-12-34-24(19)39-3)40-11-13-4-7-15(16(27)8-13)23-36-18(10-38(23)2)26(28,29)30;/h4,7-10,12,14H,5-6,11,31H2,1-3H3;1H. The Morgan fingerprint density at radius 3 is 2.51 bits per heavy atom. The van der Waals surface area contributed by atoms with Gasteiger partial charge in [0.15, 0.2) is 11.5 Å². The molecule has 1 aliphatic rings. The van der Waals surface area contributed by atoms with Gasteiger partial charge in [-0.15, -0.1) is 24.0 Å². The molecule has 1 aromatic carbocycles. The average Bonchev–Trinajstić information content (AvgIpc) is 3.69. The lowest BCUT2D eigenvalue weighted by atomic mass is 10.1. The first-order valence-electron chi connectivity index (χ1n) is 12.1. The van der Waals surface area contributed by atoms with Crippen molar-refractivity contribution in [1.82, 2.24) is 29.5 Å². The Bertz CT molecular complexity index is 1610. The van der Waals surface area contributed by atoms with Crippen LogP contribution in [0.1, 0.15) is 41.4 Å². The Balaban J connectivity index is 0.00000387. The monoisotopic (exact) mass is 684 g/mol. The van der Waals surface area contributed by atoms with Crippen molar-refractivity contribution < 1.29 is 27.0 Å². The largest absolute Gasteiger partial charge is 0.480 e. The molecule has 4 aromatic rings. The van der Waals surface area contributed by atoms with E-state index in [2.05, 4.69) is 29.9 Å². The van der Waals surface area contributed by atoms with Gasteiger partial charge in [-0.1, -0.05) is 6.07 Å². The van der Waals surface area contributed by atoms with Crippen molar-refractivity contribution >= 4 is 35.9 Å². The highest BCUT2D eigenvalue weighted by Gasteiger charge is 2.35. The third-order valence-electron chi connectivity index (χ3n) is 6.23. The van der Waals surface area contributed by atoms with E-state index in [4.69, 9.17) is 15.2 Å². The summed E-state index contributed by atoms with van der Waals surface area (Å²) < 4.78 is 66.6. The van der Waals surface area contributed by atoms with Gasteiger partial charge in [-0.3, -0.25) is 4.99 Å². The van der Waals surface area contributed by atoms with Crippen LogP contribution in [0.5, 0.6) is 11.8 Å². The zero-order valence-corrected chi connectivity index (χ0v) is 24.4. The van der Waals surface area contributed by atoms with Crippen LogP contribution in [0.25, 0.3) is 22.8 Å². The lowest BCUT2D eigenvalue weighted by Crippen LogP contribution is -2.09. The number of anilines is 1. The van der Waals surface area contributed by atoms with Gasteiger partial charge in [0.25, 0.3) is 0 Å². The van der Waals surface area contributed by atoms with Crippen molar-refractivity contribution in [3.63, 3.8) is 0 Å². The first-order valence-corrected chi connectivity index (χ1v) is 12.1. The molecule has 0 saturated heterocycles. The van der Waals surface area contributed by atoms with E-state index in [1.165, 1.54) is 38.8 Å². The summed E-state index contributed by atoms with van der Waals surface area (Å²) in [5.41, 5.74) is 7.14. The molecule has 1 saturated carbocycles. The SMILES string of the molecule is CN=Cc1nc(-c2c(OC)ncnc2C2CC2)nc(OCc2ccc(-c3nc(C(F)(F)F)cn3C)c(F)c2)c1N.I. The highest BCUT2D eigenvalue weighted by molar-refractivity contribution is 14.0. The van der Waals surface area contributed by atoms with Crippen LogP contribution in [-0.2, 0) is 19.8 Å². The van der Waals surface area contributed by atoms with Crippen molar-refractivity contribution in [3.05, 3.63) is 59.2 Å². The van der Waals surface area contributed by atoms with E-state index < -0.39 is 17.7 Å². The number of aliphatic imine (C=N–C) groups is 1. The second-order valence-electron chi connectivity index (χ2n) is 9.12. The summed E-state index contributed by atoms with van der Waals surface area (Å²) in [6.07, 6.45) is 0.967. The number of alkyl halides is 3. The minimum Gasteiger partial charge on any atom is -0.480 e. The summed E-state index contributed by atoms with van der Waals surface area (Å²) in [4.78, 5) is 25.2. The zero-order valence-electron chi connectivity index (χ0n) is 22.1. The highest BCUT2D eigenvalue weighted by Crippen LogP contribution is 2.45. The fraction of sp³-hybridized carbons (Fsp3) is 0.308. The van der Waals surface area contributed by atoms with E-state index >= 15 is 4.39 Å². The zero-order chi connectivity index (χ0) is 28.6. The molecule has 41 heavy (non-hydrogen) atoms. The van der Waals surface area contributed by atoms with Gasteiger partial charge in [-0.25, -0.2) is 24.3 Å². The predicted molar refractivity (Wildman–Crippen MR) is 153 cm³/mol. The van der Waals surface area contributed by atoms with Crippen LogP contribution in [0.3, 0.4) is 0 Å². The second-order valence-corrected chi connectivity index (χ2v) is 9.12. The number of nitrogens with two attached hydrogens (primary N) is 1. The third kappa shape index (κ3) is 6.23. The fourth-order valence-electron chi connectivity index (χ4n) is 4.16. The van der Waals surface area contributed by atoms with Gasteiger partial charge in [-0.2, -0.15) is 18.2 Å². The minimum absolute atomic E-state index is 0. The topological polar surface area (TPSA) is 126 Å². The third-order valence-corrected chi connectivity index (χ3v) is 6.23. The molecule has 0 atom stereocenters. The maximum atomic E-state index is 15.0. The van der Waals surface area contributed by atoms with Crippen molar-refractivity contribution in [1.29, 1.82) is 0 Å². The Morgan fingerprint density at radius 1 is 1.15 bits per heavy atom. The van der Waals surface area contributed by atoms with Gasteiger partial charge >= 0.3 is 6.18 Å². The van der Waals surface area contributed by atoms with Gasteiger partial charge in [-0.05, 0) is 30.5 Å². The maximum absolute atomic E-state index is 15.0. The number of aromatic nitrogens is 6. The molecule has 2 N–H and O–H groups in total. The first kappa shape index (κ1) is 30.1. The molecule has 3 aromatic heterocycles. The van der Waals surface area contributed by atoms with Crippen molar-refractivity contribution in [2.24, 2.45) is 12.0 Å². The smallest absolute Gasteiger partial charge is 0.434 e. The highest BCUT2D eigenvalue weighted by atomic mass is 127. The van der Waals surface area contributed by atoms with Crippen LogP contribution in [0, 0.1) is 5.82 Å². The number of imidazole rings is 1. The molecule has 0 aliphatic heterocycles. The Morgan fingerprint density at radius 2 is 1.90 bits per heavy atom. The van der Waals surface area contributed by atoms with Crippen LogP contribution in [0.2, 0.25) is 0 Å². The van der Waals surface area contributed by atoms with Gasteiger partial charge in [0.1, 0.15) is 41.5 Å². The molecule has 3 heterocycles. The lowest BCUT2D eigenvalue weighted by Gasteiger charge is -2.15. The minimum atomic E-state index is -4.65. The fourth-order valence-corrected chi connectivity index (χ4v) is 4.16. The number of methoxy groups -OCH3 is 1. The van der Waals surface area contributed by atoms with Crippen molar-refractivity contribution in [3.8, 4) is 34.5 Å². The van der Waals surface area contributed by atoms with Crippen molar-refractivity contribution in [2.45, 2.75) is 31.5 Å². The molecule has 0 bridgehead atoms. The molecule has 0 spiro atoms. The molecular weight excluding hydrogens is 659 g/mol. The molecule has 1 fully saturated rings. The van der Waals surface area contributed by atoms with Crippen LogP contribution >= 0.6 is 24.0 Å². The molecule has 216 valence electrons. The molecule has 0 radical (unpaired) electrons. The summed E-state index contributed by atoms with van der Waals surface area (Å²) in [5, 5.41) is 0. The maximum Gasteiger partial charge on any atom is 0.434 e. The first-order chi connectivity index (χ1) is 19.1. The average molecular weight is 684 g/mol. The molecule has 5 rings (SSSR count). The van der Waals surface area contributed by atoms with E-state index in [1.807, 2.05) is 0 Å². The van der Waals surface area contributed by atoms with E-state index in [0.29, 0.717) is 22.7 Å². The van der Waals surface area contributed by atoms with Crippen molar-refractivity contribution in [2.75, 3.05) is 19.9 Å². The second kappa shape index (κ2) is 11.9. The summed E-state index contributed by atoms with van der Waals surface area (Å²) in [5.74, 6) is -0.137. The van der Waals surface area contributed by atoms with Gasteiger partial charge in [0.2, 0.25) is 11.8 Å². The van der Waals surface area contributed by atoms with E-state index in [-0.39, 0.29) is 65.3 Å². The summed E-state index contributed by atoms with van der Waals surface area (Å²) in [6, 6.07) is 4.02. The quantitative estimate of drug-likeness (QED) is 0.153. The van der Waals surface area contributed by atoms with Gasteiger partial charge < -0.3 is 19.8 Å². The Hall–Kier alpha value is -3.89. The van der Waals surface area contributed by atoms with Crippen LogP contribution in [-0.4, -0.2) is 49.9 Å². The van der Waals surface area contributed by atoms with E-state index in [9.17, 15) is 13.2 Å². The summed E-state index contributed by atoms with van der Waals surface area (Å²) in [7, 11) is 4.41. The molecule has 15 heteroatoms. The van der Waals surface area contributed by atoms with E-state index in [0.717, 1.165) is 35.4 Å². The number of halogens is 5. The number of benzene rings is 1. The molecule has 10 nitrogen and oxygen atoms in total. The number of hydrogen-bond acceptors (Lipinski definition) is 9. The molecule has 0 unspecified atom stereocenters.